The lowest BCUT2D eigenvalue weighted by Crippen LogP contribution is -2.57. The van der Waals surface area contributed by atoms with Gasteiger partial charge in [-0.2, -0.15) is 0 Å². The Morgan fingerprint density at radius 1 is 1.31 bits per heavy atom. The van der Waals surface area contributed by atoms with Gasteiger partial charge in [0.1, 0.15) is 21.8 Å². The molecule has 1 N–H and O–H groups in total. The summed E-state index contributed by atoms with van der Waals surface area (Å²) in [6.07, 6.45) is 4.62. The van der Waals surface area contributed by atoms with Crippen LogP contribution in [-0.4, -0.2) is 68.7 Å². The highest BCUT2D eigenvalue weighted by Crippen LogP contribution is 2.34. The molecule has 0 radical (unpaired) electrons. The normalized spacial score (nSPS) is 19.3. The van der Waals surface area contributed by atoms with Crippen molar-refractivity contribution in [2.45, 2.75) is 39.2 Å². The van der Waals surface area contributed by atoms with E-state index < -0.39 is 17.6 Å². The van der Waals surface area contributed by atoms with Crippen LogP contribution in [0.2, 0.25) is 0 Å². The highest BCUT2D eigenvalue weighted by Gasteiger charge is 2.36. The lowest BCUT2D eigenvalue weighted by atomic mass is 10.1. The summed E-state index contributed by atoms with van der Waals surface area (Å²) >= 11 is 6.55. The van der Waals surface area contributed by atoms with Gasteiger partial charge in [-0.1, -0.05) is 43.4 Å². The fourth-order valence-electron chi connectivity index (χ4n) is 4.13. The van der Waals surface area contributed by atoms with Gasteiger partial charge < -0.3 is 15.0 Å². The smallest absolute Gasteiger partial charge is 0.308 e. The van der Waals surface area contributed by atoms with Crippen molar-refractivity contribution in [2.24, 2.45) is 0 Å². The molecule has 190 valence electrons. The number of hydrogen-bond acceptors (Lipinski definition) is 9. The van der Waals surface area contributed by atoms with Crippen LogP contribution >= 0.6 is 24.0 Å². The van der Waals surface area contributed by atoms with E-state index in [1.165, 1.54) is 10.5 Å². The number of fused-ring (bicyclic) bond motifs is 1. The van der Waals surface area contributed by atoms with E-state index in [1.807, 2.05) is 6.92 Å². The first kappa shape index (κ1) is 25.8. The van der Waals surface area contributed by atoms with Gasteiger partial charge in [0.25, 0.3) is 11.5 Å². The summed E-state index contributed by atoms with van der Waals surface area (Å²) in [5.41, 5.74) is 0.138. The summed E-state index contributed by atoms with van der Waals surface area (Å²) in [5.74, 6) is -0.919. The standard InChI is InChI=1S/C24H27N5O5S2/c1-3-5-10-29-23(33)17(36-24(29)35)13-15-20(26-18-8-6-7-11-28(18)22(15)32)27-12-9-25-21(31)16(27)14-19(30)34-4-2/h6-8,11,13,16H,3-5,9-10,12,14H2,1-2H3,(H,25,31)/b17-13+/t16-/m0/s1. The predicted octanol–water partition coefficient (Wildman–Crippen LogP) is 1.95. The number of carbonyl (C=O) groups is 3. The molecule has 2 fully saturated rings. The molecular formula is C24H27N5O5S2. The van der Waals surface area contributed by atoms with Crippen molar-refractivity contribution in [1.29, 1.82) is 0 Å². The predicted molar refractivity (Wildman–Crippen MR) is 142 cm³/mol. The Morgan fingerprint density at radius 2 is 2.11 bits per heavy atom. The van der Waals surface area contributed by atoms with Crippen LogP contribution in [0.25, 0.3) is 11.7 Å². The number of hydrogen-bond donors (Lipinski definition) is 1. The first-order chi connectivity index (χ1) is 17.3. The van der Waals surface area contributed by atoms with E-state index in [-0.39, 0.29) is 36.2 Å². The second-order valence-corrected chi connectivity index (χ2v) is 9.96. The molecule has 2 amide bonds. The number of anilines is 1. The maximum absolute atomic E-state index is 13.6. The molecule has 1 atom stereocenters. The third-order valence-corrected chi connectivity index (χ3v) is 7.28. The average molecular weight is 530 g/mol. The van der Waals surface area contributed by atoms with Crippen molar-refractivity contribution >= 4 is 63.6 Å². The molecule has 2 aromatic heterocycles. The van der Waals surface area contributed by atoms with E-state index >= 15 is 0 Å². The van der Waals surface area contributed by atoms with Gasteiger partial charge in [0.15, 0.2) is 0 Å². The first-order valence-electron chi connectivity index (χ1n) is 11.8. The highest BCUT2D eigenvalue weighted by atomic mass is 32.2. The average Bonchev–Trinajstić information content (AvgIpc) is 3.12. The van der Waals surface area contributed by atoms with Crippen LogP contribution in [0, 0.1) is 0 Å². The van der Waals surface area contributed by atoms with Crippen LogP contribution < -0.4 is 15.8 Å². The summed E-state index contributed by atoms with van der Waals surface area (Å²) in [7, 11) is 0. The van der Waals surface area contributed by atoms with Gasteiger partial charge in [-0.25, -0.2) is 4.98 Å². The summed E-state index contributed by atoms with van der Waals surface area (Å²) < 4.78 is 6.89. The molecule has 2 aromatic rings. The number of nitrogens with one attached hydrogen (secondary N) is 1. The Morgan fingerprint density at radius 3 is 2.86 bits per heavy atom. The minimum absolute atomic E-state index is 0.151. The van der Waals surface area contributed by atoms with E-state index in [4.69, 9.17) is 21.9 Å². The van der Waals surface area contributed by atoms with Crippen molar-refractivity contribution in [2.75, 3.05) is 31.1 Å². The van der Waals surface area contributed by atoms with Crippen molar-refractivity contribution in [3.05, 3.63) is 45.2 Å². The number of amides is 2. The first-order valence-corrected chi connectivity index (χ1v) is 13.0. The van der Waals surface area contributed by atoms with Gasteiger partial charge in [-0.15, -0.1) is 0 Å². The van der Waals surface area contributed by atoms with E-state index in [0.717, 1.165) is 24.6 Å². The second kappa shape index (κ2) is 11.2. The largest absolute Gasteiger partial charge is 0.466 e. The lowest BCUT2D eigenvalue weighted by Gasteiger charge is -2.36. The number of ether oxygens (including phenoxy) is 1. The number of piperazine rings is 1. The van der Waals surface area contributed by atoms with Crippen LogP contribution in [0.3, 0.4) is 0 Å². The molecule has 0 unspecified atom stereocenters. The van der Waals surface area contributed by atoms with Gasteiger partial charge >= 0.3 is 5.97 Å². The highest BCUT2D eigenvalue weighted by molar-refractivity contribution is 8.26. The zero-order valence-electron chi connectivity index (χ0n) is 20.1. The number of unbranched alkanes of at least 4 members (excludes halogenated alkanes) is 1. The molecule has 0 bridgehead atoms. The van der Waals surface area contributed by atoms with Gasteiger partial charge in [0, 0.05) is 25.8 Å². The van der Waals surface area contributed by atoms with Crippen LogP contribution in [0.1, 0.15) is 38.7 Å². The Balaban J connectivity index is 1.83. The van der Waals surface area contributed by atoms with Gasteiger partial charge in [0.05, 0.1) is 23.5 Å². The number of thioether (sulfide) groups is 1. The zero-order chi connectivity index (χ0) is 25.8. The van der Waals surface area contributed by atoms with Crippen molar-refractivity contribution in [3.8, 4) is 0 Å². The molecular weight excluding hydrogens is 502 g/mol. The van der Waals surface area contributed by atoms with E-state index in [1.54, 1.807) is 41.1 Å². The monoisotopic (exact) mass is 529 g/mol. The fraction of sp³-hybridized carbons (Fsp3) is 0.417. The quantitative estimate of drug-likeness (QED) is 0.311. The topological polar surface area (TPSA) is 113 Å². The maximum atomic E-state index is 13.6. The Bertz CT molecular complexity index is 1310. The van der Waals surface area contributed by atoms with Crippen molar-refractivity contribution in [1.82, 2.24) is 19.6 Å². The minimum atomic E-state index is -0.915. The van der Waals surface area contributed by atoms with Crippen LogP contribution in [-0.2, 0) is 19.1 Å². The van der Waals surface area contributed by atoms with Gasteiger partial charge in [-0.3, -0.25) is 28.5 Å². The summed E-state index contributed by atoms with van der Waals surface area (Å²) in [6.45, 7) is 5.05. The Hall–Kier alpha value is -3.25. The third kappa shape index (κ3) is 5.14. The second-order valence-electron chi connectivity index (χ2n) is 8.28. The third-order valence-electron chi connectivity index (χ3n) is 5.90. The van der Waals surface area contributed by atoms with E-state index in [9.17, 15) is 19.2 Å². The van der Waals surface area contributed by atoms with E-state index in [2.05, 4.69) is 5.32 Å². The number of carbonyl (C=O) groups excluding carboxylic acids is 3. The molecule has 2 aliphatic heterocycles. The van der Waals surface area contributed by atoms with E-state index in [0.29, 0.717) is 34.5 Å². The summed E-state index contributed by atoms with van der Waals surface area (Å²) in [5, 5.41) is 2.76. The van der Waals surface area contributed by atoms with Crippen molar-refractivity contribution in [3.63, 3.8) is 0 Å². The molecule has 2 saturated heterocycles. The van der Waals surface area contributed by atoms with Crippen LogP contribution in [0.15, 0.2) is 34.1 Å². The number of rotatable bonds is 8. The molecule has 0 aliphatic carbocycles. The Kier molecular flexibility index (Phi) is 8.04. The number of esters is 1. The van der Waals surface area contributed by atoms with Crippen molar-refractivity contribution < 1.29 is 19.1 Å². The summed E-state index contributed by atoms with van der Waals surface area (Å²) in [6, 6.07) is 4.23. The van der Waals surface area contributed by atoms with Crippen LogP contribution in [0.5, 0.6) is 0 Å². The van der Waals surface area contributed by atoms with Crippen LogP contribution in [0.4, 0.5) is 5.82 Å². The lowest BCUT2D eigenvalue weighted by molar-refractivity contribution is -0.145. The molecule has 0 saturated carbocycles. The number of aromatic nitrogens is 2. The number of pyridine rings is 1. The number of thiocarbonyl (C=S) groups is 1. The zero-order valence-corrected chi connectivity index (χ0v) is 21.7. The molecule has 4 rings (SSSR count). The maximum Gasteiger partial charge on any atom is 0.308 e. The molecule has 2 aliphatic rings. The fourth-order valence-corrected chi connectivity index (χ4v) is 5.42. The number of nitrogens with zero attached hydrogens (tertiary/aromatic N) is 4. The van der Waals surface area contributed by atoms with Gasteiger partial charge in [0.2, 0.25) is 5.91 Å². The molecule has 10 nitrogen and oxygen atoms in total. The van der Waals surface area contributed by atoms with Gasteiger partial charge in [-0.05, 0) is 31.6 Å². The SMILES string of the molecule is CCCCN1C(=O)/C(=C\c2c(N3CCNC(=O)[C@@H]3CC(=O)OCC)nc3ccccn3c2=O)SC1=S. The molecule has 12 heteroatoms. The minimum Gasteiger partial charge on any atom is -0.466 e. The molecule has 0 aromatic carbocycles. The Labute approximate surface area is 217 Å². The molecule has 0 spiro atoms. The molecule has 36 heavy (non-hydrogen) atoms. The summed E-state index contributed by atoms with van der Waals surface area (Å²) in [4.78, 5) is 60.0. The molecule has 4 heterocycles.